The maximum Gasteiger partial charge on any atom is 0.408 e. The molecule has 2 saturated heterocycles. The Hall–Kier alpha value is -1.99. The molecule has 0 saturated carbocycles. The number of hydrogen-bond donors (Lipinski definition) is 1. The molecular weight excluding hydrogens is 562 g/mol. The highest BCUT2D eigenvalue weighted by molar-refractivity contribution is 9.10. The Balaban J connectivity index is 1.92. The number of thioether (sulfide) groups is 1. The third kappa shape index (κ3) is 7.04. The number of amides is 2. The lowest BCUT2D eigenvalue weighted by atomic mass is 10.2. The van der Waals surface area contributed by atoms with E-state index in [9.17, 15) is 18.0 Å². The van der Waals surface area contributed by atoms with Gasteiger partial charge < -0.3 is 24.4 Å². The van der Waals surface area contributed by atoms with Crippen LogP contribution in [0.25, 0.3) is 0 Å². The van der Waals surface area contributed by atoms with E-state index >= 15 is 0 Å². The molecule has 2 aliphatic rings. The number of fused-ring (bicyclic) bond motifs is 1. The average Bonchev–Trinajstić information content (AvgIpc) is 3.18. The normalized spacial score (nSPS) is 22.1. The summed E-state index contributed by atoms with van der Waals surface area (Å²) in [5.41, 5.74) is -0.0845. The van der Waals surface area contributed by atoms with Crippen LogP contribution in [-0.2, 0) is 19.4 Å². The number of ether oxygens (including phenoxy) is 3. The van der Waals surface area contributed by atoms with E-state index in [1.165, 1.54) is 11.8 Å². The third-order valence-electron chi connectivity index (χ3n) is 4.94. The molecule has 2 amide bonds. The number of alkyl carbamates (subject to hydrolysis) is 1. The highest BCUT2D eigenvalue weighted by Gasteiger charge is 2.50. The minimum Gasteiger partial charge on any atom is -0.490 e. The van der Waals surface area contributed by atoms with Gasteiger partial charge in [-0.05, 0) is 50.5 Å². The Morgan fingerprint density at radius 1 is 1.17 bits per heavy atom. The van der Waals surface area contributed by atoms with Gasteiger partial charge in [-0.3, -0.25) is 4.79 Å². The molecule has 3 rings (SSSR count). The van der Waals surface area contributed by atoms with Gasteiger partial charge in [-0.1, -0.05) is 11.8 Å². The predicted octanol–water partition coefficient (Wildman–Crippen LogP) is 3.37. The van der Waals surface area contributed by atoms with E-state index in [4.69, 9.17) is 14.2 Å². The van der Waals surface area contributed by atoms with Crippen LogP contribution in [0.4, 0.5) is 10.5 Å². The third-order valence-corrected chi connectivity index (χ3v) is 8.79. The fourth-order valence-electron chi connectivity index (χ4n) is 3.70. The second-order valence-electron chi connectivity index (χ2n) is 8.93. The van der Waals surface area contributed by atoms with Crippen molar-refractivity contribution in [2.24, 2.45) is 4.99 Å². The van der Waals surface area contributed by atoms with E-state index in [0.717, 1.165) is 0 Å². The number of hydrogen-bond acceptors (Lipinski definition) is 8. The van der Waals surface area contributed by atoms with Gasteiger partial charge in [0, 0.05) is 21.9 Å². The van der Waals surface area contributed by atoms with Gasteiger partial charge in [0.2, 0.25) is 0 Å². The average molecular weight is 593 g/mol. The Morgan fingerprint density at radius 3 is 2.40 bits per heavy atom. The summed E-state index contributed by atoms with van der Waals surface area (Å²) < 4.78 is 42.0. The van der Waals surface area contributed by atoms with Crippen LogP contribution < -0.4 is 19.7 Å². The number of carbonyl (C=O) groups is 2. The topological polar surface area (TPSA) is 124 Å². The van der Waals surface area contributed by atoms with Crippen molar-refractivity contribution < 1.29 is 32.2 Å². The smallest absolute Gasteiger partial charge is 0.408 e. The number of amidine groups is 1. The second-order valence-corrected chi connectivity index (χ2v) is 13.1. The zero-order valence-electron chi connectivity index (χ0n) is 20.3. The predicted molar refractivity (Wildman–Crippen MR) is 139 cm³/mol. The quantitative estimate of drug-likeness (QED) is 0.508. The largest absolute Gasteiger partial charge is 0.490 e. The molecule has 0 radical (unpaired) electrons. The molecule has 1 aromatic rings. The fraction of sp³-hybridized carbons (Fsp3) is 0.591. The molecule has 0 aliphatic carbocycles. The molecule has 10 nitrogen and oxygen atoms in total. The number of anilines is 1. The SMILES string of the molecule is CCOc1cc(Br)c(N2C(=NC(=O)CNC(=O)OC(C)(C)C)S[C@H]3CS(=O)(=O)C[C@H]32)cc1OCC. The molecule has 13 heteroatoms. The van der Waals surface area contributed by atoms with Gasteiger partial charge in [-0.2, -0.15) is 4.99 Å². The first-order chi connectivity index (χ1) is 16.3. The number of rotatable bonds is 7. The van der Waals surface area contributed by atoms with Crippen molar-refractivity contribution in [2.75, 3.05) is 36.2 Å². The molecule has 0 spiro atoms. The van der Waals surface area contributed by atoms with Crippen LogP contribution >= 0.6 is 27.7 Å². The first kappa shape index (κ1) is 27.6. The van der Waals surface area contributed by atoms with Gasteiger partial charge >= 0.3 is 6.09 Å². The molecule has 2 heterocycles. The van der Waals surface area contributed by atoms with E-state index < -0.39 is 33.5 Å². The van der Waals surface area contributed by atoms with E-state index in [0.29, 0.717) is 40.0 Å². The van der Waals surface area contributed by atoms with Gasteiger partial charge in [0.25, 0.3) is 5.91 Å². The Labute approximate surface area is 218 Å². The van der Waals surface area contributed by atoms with Crippen molar-refractivity contribution in [1.29, 1.82) is 0 Å². The lowest BCUT2D eigenvalue weighted by molar-refractivity contribution is -0.117. The highest BCUT2D eigenvalue weighted by atomic mass is 79.9. The van der Waals surface area contributed by atoms with Crippen LogP contribution in [0.15, 0.2) is 21.6 Å². The summed E-state index contributed by atoms with van der Waals surface area (Å²) >= 11 is 4.80. The van der Waals surface area contributed by atoms with Crippen molar-refractivity contribution >= 4 is 60.4 Å². The lowest BCUT2D eigenvalue weighted by Gasteiger charge is -2.27. The van der Waals surface area contributed by atoms with Crippen LogP contribution in [0.2, 0.25) is 0 Å². The summed E-state index contributed by atoms with van der Waals surface area (Å²) in [7, 11) is -3.23. The number of halogens is 1. The molecule has 2 atom stereocenters. The minimum absolute atomic E-state index is 0.00479. The van der Waals surface area contributed by atoms with Crippen LogP contribution in [0.1, 0.15) is 34.6 Å². The van der Waals surface area contributed by atoms with Crippen molar-refractivity contribution in [3.05, 3.63) is 16.6 Å². The Bertz CT molecular complexity index is 1120. The van der Waals surface area contributed by atoms with Crippen molar-refractivity contribution in [3.8, 4) is 11.5 Å². The standard InChI is InChI=1S/C22H30BrN3O7S2/c1-6-31-16-8-13(23)14(9-17(16)32-7-2)26-15-11-35(29,30)12-18(15)34-20(26)25-19(27)10-24-21(28)33-22(3,4)5/h8-9,15,18H,6-7,10-12H2,1-5H3,(H,24,28)/t15-,18+/m1/s1. The molecule has 194 valence electrons. The Kier molecular flexibility index (Phi) is 8.64. The van der Waals surface area contributed by atoms with Crippen molar-refractivity contribution in [1.82, 2.24) is 5.32 Å². The van der Waals surface area contributed by atoms with Crippen LogP contribution in [0.3, 0.4) is 0 Å². The van der Waals surface area contributed by atoms with Crippen LogP contribution in [0.5, 0.6) is 11.5 Å². The van der Waals surface area contributed by atoms with E-state index in [2.05, 4.69) is 26.2 Å². The van der Waals surface area contributed by atoms with Gasteiger partial charge in [0.05, 0.1) is 36.4 Å². The van der Waals surface area contributed by atoms with Gasteiger partial charge in [-0.15, -0.1) is 0 Å². The van der Waals surface area contributed by atoms with E-state index in [1.54, 1.807) is 37.8 Å². The minimum atomic E-state index is -3.23. The summed E-state index contributed by atoms with van der Waals surface area (Å²) in [6, 6.07) is 3.11. The maximum absolute atomic E-state index is 12.6. The van der Waals surface area contributed by atoms with Gasteiger partial charge in [-0.25, -0.2) is 13.2 Å². The lowest BCUT2D eigenvalue weighted by Crippen LogP contribution is -2.39. The van der Waals surface area contributed by atoms with Gasteiger partial charge in [0.15, 0.2) is 26.5 Å². The summed E-state index contributed by atoms with van der Waals surface area (Å²) in [5, 5.41) is 2.48. The maximum atomic E-state index is 12.6. The molecule has 1 aromatic carbocycles. The van der Waals surface area contributed by atoms with Gasteiger partial charge in [0.1, 0.15) is 12.1 Å². The highest BCUT2D eigenvalue weighted by Crippen LogP contribution is 2.46. The molecule has 2 aliphatic heterocycles. The molecule has 2 fully saturated rings. The number of sulfone groups is 1. The fourth-order valence-corrected chi connectivity index (χ4v) is 8.14. The monoisotopic (exact) mass is 591 g/mol. The molecule has 1 N–H and O–H groups in total. The van der Waals surface area contributed by atoms with Crippen LogP contribution in [0, 0.1) is 0 Å². The Morgan fingerprint density at radius 2 is 1.80 bits per heavy atom. The van der Waals surface area contributed by atoms with Crippen LogP contribution in [-0.4, -0.2) is 73.7 Å². The summed E-state index contributed by atoms with van der Waals surface area (Å²) in [6.07, 6.45) is -0.722. The first-order valence-electron chi connectivity index (χ1n) is 11.2. The van der Waals surface area contributed by atoms with Crippen molar-refractivity contribution in [2.45, 2.75) is 51.5 Å². The molecular formula is C22H30BrN3O7S2. The second kappa shape index (κ2) is 11.0. The van der Waals surface area contributed by atoms with E-state index in [-0.39, 0.29) is 23.3 Å². The van der Waals surface area contributed by atoms with Crippen molar-refractivity contribution in [3.63, 3.8) is 0 Å². The number of benzene rings is 1. The number of nitrogens with one attached hydrogen (secondary N) is 1. The first-order valence-corrected chi connectivity index (χ1v) is 14.7. The number of nitrogens with zero attached hydrogens (tertiary/aromatic N) is 2. The van der Waals surface area contributed by atoms with E-state index in [1.807, 2.05) is 13.8 Å². The zero-order chi connectivity index (χ0) is 26.0. The zero-order valence-corrected chi connectivity index (χ0v) is 23.5. The molecule has 0 bridgehead atoms. The summed E-state index contributed by atoms with van der Waals surface area (Å²) in [4.78, 5) is 30.5. The number of aliphatic imine (C=N–C) groups is 1. The molecule has 35 heavy (non-hydrogen) atoms. The number of carbonyl (C=O) groups excluding carboxylic acids is 2. The molecule has 0 aromatic heterocycles. The molecule has 0 unspecified atom stereocenters. The summed E-state index contributed by atoms with van der Waals surface area (Å²) in [6.45, 7) is 9.39. The summed E-state index contributed by atoms with van der Waals surface area (Å²) in [5.74, 6) is 0.397.